The Hall–Kier alpha value is -2.16. The summed E-state index contributed by atoms with van der Waals surface area (Å²) < 4.78 is 21.8. The van der Waals surface area contributed by atoms with Gasteiger partial charge < -0.3 is 14.7 Å². The molecule has 1 amide bonds. The van der Waals surface area contributed by atoms with E-state index in [4.69, 9.17) is 4.74 Å². The number of rotatable bonds is 2. The third kappa shape index (κ3) is 4.31. The molecule has 0 aliphatic carbocycles. The van der Waals surface area contributed by atoms with E-state index in [1.54, 1.807) is 4.90 Å². The van der Waals surface area contributed by atoms with Crippen molar-refractivity contribution in [1.82, 2.24) is 14.5 Å². The molecule has 1 fully saturated rings. The third-order valence-corrected chi connectivity index (χ3v) is 5.98. The summed E-state index contributed by atoms with van der Waals surface area (Å²) in [4.78, 5) is 30.2. The van der Waals surface area contributed by atoms with Gasteiger partial charge in [0.15, 0.2) is 0 Å². The normalized spacial score (nSPS) is 15.8. The second-order valence-electron chi connectivity index (χ2n) is 8.94. The van der Waals surface area contributed by atoms with Crippen molar-refractivity contribution < 1.29 is 23.8 Å². The van der Waals surface area contributed by atoms with Gasteiger partial charge >= 0.3 is 12.2 Å². The van der Waals surface area contributed by atoms with Gasteiger partial charge in [0.2, 0.25) is 0 Å². The van der Waals surface area contributed by atoms with E-state index >= 15 is 0 Å². The Kier molecular flexibility index (Phi) is 6.13. The standard InChI is InChI=1S/C21H27BrFN3O4/c1-11(2)15-17-14(26(18(15)22)19(27)28)10-13(23)16(24-17)12-6-8-25(9-7-12)20(29)30-21(3,4)5/h10-12H,6-9H2,1-5H3,(H,27,28). The Labute approximate surface area is 183 Å². The zero-order valence-corrected chi connectivity index (χ0v) is 19.4. The molecule has 9 heteroatoms. The smallest absolute Gasteiger partial charge is 0.416 e. The molecule has 3 heterocycles. The highest BCUT2D eigenvalue weighted by Crippen LogP contribution is 2.37. The van der Waals surface area contributed by atoms with E-state index < -0.39 is 17.5 Å². The average molecular weight is 484 g/mol. The highest BCUT2D eigenvalue weighted by Gasteiger charge is 2.31. The highest BCUT2D eigenvalue weighted by molar-refractivity contribution is 9.10. The van der Waals surface area contributed by atoms with Crippen molar-refractivity contribution in [3.63, 3.8) is 0 Å². The molecule has 0 aromatic carbocycles. The number of aromatic nitrogens is 2. The summed E-state index contributed by atoms with van der Waals surface area (Å²) in [5, 5.41) is 9.56. The summed E-state index contributed by atoms with van der Waals surface area (Å²) in [5.41, 5.74) is 1.21. The van der Waals surface area contributed by atoms with Gasteiger partial charge in [-0.3, -0.25) is 0 Å². The van der Waals surface area contributed by atoms with Crippen molar-refractivity contribution in [1.29, 1.82) is 0 Å². The molecule has 3 rings (SSSR count). The fourth-order valence-corrected chi connectivity index (χ4v) is 4.82. The molecule has 2 aromatic heterocycles. The van der Waals surface area contributed by atoms with Gasteiger partial charge in [0.05, 0.1) is 16.7 Å². The molecule has 0 unspecified atom stereocenters. The molecule has 1 saturated heterocycles. The molecule has 0 radical (unpaired) electrons. The van der Waals surface area contributed by atoms with Crippen molar-refractivity contribution in [3.05, 3.63) is 27.7 Å². The largest absolute Gasteiger partial charge is 0.464 e. The number of fused-ring (bicyclic) bond motifs is 1. The third-order valence-electron chi connectivity index (χ3n) is 5.20. The number of halogens is 2. The maximum absolute atomic E-state index is 15.0. The number of ether oxygens (including phenoxy) is 1. The van der Waals surface area contributed by atoms with Crippen LogP contribution in [0.4, 0.5) is 14.0 Å². The van der Waals surface area contributed by atoms with Crippen LogP contribution in [0.15, 0.2) is 10.7 Å². The SMILES string of the molecule is CC(C)c1c(Br)n(C(=O)O)c2cc(F)c(C3CCN(C(=O)OC(C)(C)C)CC3)nc12. The molecule has 1 N–H and O–H groups in total. The maximum atomic E-state index is 15.0. The first-order chi connectivity index (χ1) is 13.9. The predicted octanol–water partition coefficient (Wildman–Crippen LogP) is 5.70. The van der Waals surface area contributed by atoms with Crippen molar-refractivity contribution in [2.24, 2.45) is 0 Å². The Morgan fingerprint density at radius 1 is 1.30 bits per heavy atom. The van der Waals surface area contributed by atoms with E-state index in [0.717, 1.165) is 10.1 Å². The summed E-state index contributed by atoms with van der Waals surface area (Å²) in [7, 11) is 0. The van der Waals surface area contributed by atoms with E-state index in [2.05, 4.69) is 20.9 Å². The molecule has 0 bridgehead atoms. The molecule has 1 aliphatic rings. The molecule has 0 atom stereocenters. The lowest BCUT2D eigenvalue weighted by Crippen LogP contribution is -2.41. The first kappa shape index (κ1) is 22.5. The van der Waals surface area contributed by atoms with Gasteiger partial charge in [0.25, 0.3) is 0 Å². The van der Waals surface area contributed by atoms with Gasteiger partial charge in [-0.1, -0.05) is 13.8 Å². The summed E-state index contributed by atoms with van der Waals surface area (Å²) in [6, 6.07) is 1.25. The van der Waals surface area contributed by atoms with E-state index in [9.17, 15) is 19.1 Å². The van der Waals surface area contributed by atoms with Crippen LogP contribution >= 0.6 is 15.9 Å². The van der Waals surface area contributed by atoms with Crippen LogP contribution in [0.5, 0.6) is 0 Å². The number of carbonyl (C=O) groups excluding carboxylic acids is 1. The summed E-state index contributed by atoms with van der Waals surface area (Å²) in [6.07, 6.45) is -0.438. The van der Waals surface area contributed by atoms with E-state index in [1.165, 1.54) is 6.07 Å². The molecule has 0 saturated carbocycles. The van der Waals surface area contributed by atoms with Crippen LogP contribution in [0, 0.1) is 5.82 Å². The first-order valence-corrected chi connectivity index (χ1v) is 10.8. The number of amides is 1. The molecule has 0 spiro atoms. The van der Waals surface area contributed by atoms with Crippen LogP contribution in [0.2, 0.25) is 0 Å². The average Bonchev–Trinajstić information content (AvgIpc) is 2.90. The molecule has 7 nitrogen and oxygen atoms in total. The Balaban J connectivity index is 1.91. The molecular weight excluding hydrogens is 457 g/mol. The van der Waals surface area contributed by atoms with Gasteiger partial charge in [0.1, 0.15) is 16.0 Å². The van der Waals surface area contributed by atoms with E-state index in [1.807, 2.05) is 34.6 Å². The quantitative estimate of drug-likeness (QED) is 0.591. The number of hydrogen-bond donors (Lipinski definition) is 1. The zero-order chi connectivity index (χ0) is 22.4. The van der Waals surface area contributed by atoms with Crippen LogP contribution in [0.25, 0.3) is 11.0 Å². The van der Waals surface area contributed by atoms with Gasteiger partial charge in [-0.2, -0.15) is 0 Å². The Morgan fingerprint density at radius 2 is 1.90 bits per heavy atom. The van der Waals surface area contributed by atoms with Gasteiger partial charge in [0, 0.05) is 30.6 Å². The summed E-state index contributed by atoms with van der Waals surface area (Å²) in [5.74, 6) is -0.677. The summed E-state index contributed by atoms with van der Waals surface area (Å²) in [6.45, 7) is 10.2. The zero-order valence-electron chi connectivity index (χ0n) is 17.8. The second-order valence-corrected chi connectivity index (χ2v) is 9.69. The van der Waals surface area contributed by atoms with Crippen LogP contribution in [-0.4, -0.2) is 50.4 Å². The lowest BCUT2D eigenvalue weighted by Gasteiger charge is -2.33. The number of nitrogens with zero attached hydrogens (tertiary/aromatic N) is 3. The lowest BCUT2D eigenvalue weighted by molar-refractivity contribution is 0.0203. The molecule has 2 aromatic rings. The van der Waals surface area contributed by atoms with Crippen molar-refractivity contribution in [2.45, 2.75) is 64.9 Å². The fourth-order valence-electron chi connectivity index (χ4n) is 3.83. The van der Waals surface area contributed by atoms with Gasteiger partial charge in [-0.25, -0.2) is 23.5 Å². The van der Waals surface area contributed by atoms with Crippen LogP contribution < -0.4 is 0 Å². The highest BCUT2D eigenvalue weighted by atomic mass is 79.9. The van der Waals surface area contributed by atoms with E-state index in [-0.39, 0.29) is 23.4 Å². The topological polar surface area (TPSA) is 84.7 Å². The maximum Gasteiger partial charge on any atom is 0.416 e. The second kappa shape index (κ2) is 8.17. The fraction of sp³-hybridized carbons (Fsp3) is 0.571. The van der Waals surface area contributed by atoms with Gasteiger partial charge in [-0.15, -0.1) is 0 Å². The number of likely N-dealkylation sites (tertiary alicyclic amines) is 1. The number of carbonyl (C=O) groups is 2. The van der Waals surface area contributed by atoms with E-state index in [0.29, 0.717) is 41.7 Å². The summed E-state index contributed by atoms with van der Waals surface area (Å²) >= 11 is 3.35. The minimum Gasteiger partial charge on any atom is -0.464 e. The van der Waals surface area contributed by atoms with Gasteiger partial charge in [-0.05, 0) is 55.5 Å². The monoisotopic (exact) mass is 483 g/mol. The minimum atomic E-state index is -1.20. The van der Waals surface area contributed by atoms with Crippen LogP contribution in [0.1, 0.15) is 70.6 Å². The Morgan fingerprint density at radius 3 is 2.40 bits per heavy atom. The molecule has 30 heavy (non-hydrogen) atoms. The van der Waals surface area contributed by atoms with Crippen molar-refractivity contribution >= 4 is 39.1 Å². The predicted molar refractivity (Wildman–Crippen MR) is 115 cm³/mol. The van der Waals surface area contributed by atoms with Crippen LogP contribution in [-0.2, 0) is 4.74 Å². The number of piperidine rings is 1. The Bertz CT molecular complexity index is 989. The van der Waals surface area contributed by atoms with Crippen molar-refractivity contribution in [3.8, 4) is 0 Å². The first-order valence-electron chi connectivity index (χ1n) is 10.0. The molecule has 1 aliphatic heterocycles. The minimum absolute atomic E-state index is 0.00213. The number of hydrogen-bond acceptors (Lipinski definition) is 4. The number of carboxylic acid groups (broad SMARTS) is 1. The number of pyridine rings is 1. The lowest BCUT2D eigenvalue weighted by atomic mass is 9.92. The van der Waals surface area contributed by atoms with Crippen LogP contribution in [0.3, 0.4) is 0 Å². The molecule has 164 valence electrons. The van der Waals surface area contributed by atoms with Crippen molar-refractivity contribution in [2.75, 3.05) is 13.1 Å². The molecular formula is C21H27BrFN3O4.